The Labute approximate surface area is 182 Å². The van der Waals surface area contributed by atoms with Gasteiger partial charge in [-0.1, -0.05) is 12.1 Å². The highest BCUT2D eigenvalue weighted by molar-refractivity contribution is 5.80. The summed E-state index contributed by atoms with van der Waals surface area (Å²) in [6.07, 6.45) is 3.10. The van der Waals surface area contributed by atoms with E-state index >= 15 is 0 Å². The molecule has 31 heavy (non-hydrogen) atoms. The number of nitrogens with zero attached hydrogens (tertiary/aromatic N) is 2. The average molecular weight is 424 g/mol. The molecule has 1 atom stereocenters. The summed E-state index contributed by atoms with van der Waals surface area (Å²) in [5.41, 5.74) is 2.07. The SMILES string of the molecule is COc1ccc(OCCn2c(CCCNC(=O)C3CCCO3)nc3ccccc32)cc1. The van der Waals surface area contributed by atoms with Crippen molar-refractivity contribution in [3.63, 3.8) is 0 Å². The molecule has 1 aromatic heterocycles. The van der Waals surface area contributed by atoms with Gasteiger partial charge in [0, 0.05) is 19.6 Å². The van der Waals surface area contributed by atoms with Gasteiger partial charge in [-0.2, -0.15) is 0 Å². The molecule has 2 heterocycles. The van der Waals surface area contributed by atoms with Crippen molar-refractivity contribution in [1.29, 1.82) is 0 Å². The Hall–Kier alpha value is -3.06. The van der Waals surface area contributed by atoms with E-state index in [9.17, 15) is 4.79 Å². The molecule has 0 spiro atoms. The normalized spacial score (nSPS) is 15.8. The number of aromatic nitrogens is 2. The van der Waals surface area contributed by atoms with E-state index in [1.165, 1.54) is 0 Å². The summed E-state index contributed by atoms with van der Waals surface area (Å²) in [4.78, 5) is 16.9. The summed E-state index contributed by atoms with van der Waals surface area (Å²) >= 11 is 0. The summed E-state index contributed by atoms with van der Waals surface area (Å²) < 4.78 is 18.7. The first-order valence-electron chi connectivity index (χ1n) is 10.8. The summed E-state index contributed by atoms with van der Waals surface area (Å²) in [5, 5.41) is 2.99. The van der Waals surface area contributed by atoms with Crippen molar-refractivity contribution in [2.45, 2.75) is 38.3 Å². The molecular formula is C24H29N3O4. The molecular weight excluding hydrogens is 394 g/mol. The number of hydrogen-bond donors (Lipinski definition) is 1. The molecule has 0 bridgehead atoms. The Kier molecular flexibility index (Phi) is 7.04. The van der Waals surface area contributed by atoms with Gasteiger partial charge in [0.05, 0.1) is 24.7 Å². The molecule has 2 aromatic carbocycles. The number of nitrogens with one attached hydrogen (secondary N) is 1. The predicted molar refractivity (Wildman–Crippen MR) is 119 cm³/mol. The molecule has 164 valence electrons. The van der Waals surface area contributed by atoms with Gasteiger partial charge < -0.3 is 24.1 Å². The van der Waals surface area contributed by atoms with Crippen LogP contribution in [0, 0.1) is 0 Å². The molecule has 1 aliphatic heterocycles. The maximum absolute atomic E-state index is 12.1. The van der Waals surface area contributed by atoms with Crippen molar-refractivity contribution in [2.24, 2.45) is 0 Å². The van der Waals surface area contributed by atoms with Gasteiger partial charge in [-0.3, -0.25) is 4.79 Å². The molecule has 1 amide bonds. The summed E-state index contributed by atoms with van der Waals surface area (Å²) in [5.74, 6) is 2.62. The molecule has 1 N–H and O–H groups in total. The van der Waals surface area contributed by atoms with E-state index in [0.29, 0.717) is 26.3 Å². The van der Waals surface area contributed by atoms with Crippen LogP contribution < -0.4 is 14.8 Å². The lowest BCUT2D eigenvalue weighted by molar-refractivity contribution is -0.130. The number of amides is 1. The standard InChI is InChI=1S/C24H29N3O4/c1-29-18-10-12-19(13-11-18)30-17-15-27-21-7-3-2-6-20(21)26-23(27)9-4-14-25-24(28)22-8-5-16-31-22/h2-3,6-7,10-13,22H,4-5,8-9,14-17H2,1H3,(H,25,28). The van der Waals surface area contributed by atoms with Crippen molar-refractivity contribution in [1.82, 2.24) is 14.9 Å². The highest BCUT2D eigenvalue weighted by atomic mass is 16.5. The first kappa shape index (κ1) is 21.2. The molecule has 3 aromatic rings. The zero-order valence-electron chi connectivity index (χ0n) is 17.9. The fourth-order valence-electron chi connectivity index (χ4n) is 3.85. The number of hydrogen-bond acceptors (Lipinski definition) is 5. The minimum absolute atomic E-state index is 0.00102. The number of rotatable bonds is 10. The van der Waals surface area contributed by atoms with Crippen LogP contribution in [0.25, 0.3) is 11.0 Å². The largest absolute Gasteiger partial charge is 0.497 e. The lowest BCUT2D eigenvalue weighted by atomic mass is 10.2. The second-order valence-electron chi connectivity index (χ2n) is 7.59. The Morgan fingerprint density at radius 2 is 2.00 bits per heavy atom. The van der Waals surface area contributed by atoms with Crippen molar-refractivity contribution >= 4 is 16.9 Å². The van der Waals surface area contributed by atoms with Crippen LogP contribution in [0.4, 0.5) is 0 Å². The van der Waals surface area contributed by atoms with E-state index in [1.807, 2.05) is 42.5 Å². The number of benzene rings is 2. The molecule has 0 aliphatic carbocycles. The molecule has 1 unspecified atom stereocenters. The van der Waals surface area contributed by atoms with Crippen molar-refractivity contribution in [3.8, 4) is 11.5 Å². The van der Waals surface area contributed by atoms with Crippen LogP contribution in [-0.4, -0.2) is 48.4 Å². The highest BCUT2D eigenvalue weighted by Crippen LogP contribution is 2.19. The number of fused-ring (bicyclic) bond motifs is 1. The minimum Gasteiger partial charge on any atom is -0.497 e. The third-order valence-electron chi connectivity index (χ3n) is 5.48. The number of para-hydroxylation sites is 2. The monoisotopic (exact) mass is 423 g/mol. The number of methoxy groups -OCH3 is 1. The Morgan fingerprint density at radius 3 is 2.77 bits per heavy atom. The molecule has 1 saturated heterocycles. The molecule has 7 nitrogen and oxygen atoms in total. The van der Waals surface area contributed by atoms with E-state index in [2.05, 4.69) is 16.0 Å². The number of aryl methyl sites for hydroxylation is 1. The van der Waals surface area contributed by atoms with Gasteiger partial charge in [0.1, 0.15) is 30.0 Å². The summed E-state index contributed by atoms with van der Waals surface area (Å²) in [6, 6.07) is 15.7. The van der Waals surface area contributed by atoms with E-state index < -0.39 is 0 Å². The topological polar surface area (TPSA) is 74.6 Å². The van der Waals surface area contributed by atoms with Crippen LogP contribution in [0.5, 0.6) is 11.5 Å². The van der Waals surface area contributed by atoms with Crippen LogP contribution >= 0.6 is 0 Å². The van der Waals surface area contributed by atoms with Crippen molar-refractivity contribution in [2.75, 3.05) is 26.9 Å². The van der Waals surface area contributed by atoms with Crippen molar-refractivity contribution < 1.29 is 19.0 Å². The van der Waals surface area contributed by atoms with Crippen LogP contribution in [0.2, 0.25) is 0 Å². The van der Waals surface area contributed by atoms with Gasteiger partial charge in [-0.25, -0.2) is 4.98 Å². The molecule has 1 aliphatic rings. The Bertz CT molecular complexity index is 994. The molecule has 1 fully saturated rings. The highest BCUT2D eigenvalue weighted by Gasteiger charge is 2.22. The molecule has 0 radical (unpaired) electrons. The second kappa shape index (κ2) is 10.3. The fourth-order valence-corrected chi connectivity index (χ4v) is 3.85. The van der Waals surface area contributed by atoms with Gasteiger partial charge in [0.15, 0.2) is 0 Å². The zero-order chi connectivity index (χ0) is 21.5. The molecule has 7 heteroatoms. The van der Waals surface area contributed by atoms with Gasteiger partial charge in [-0.05, 0) is 55.7 Å². The Morgan fingerprint density at radius 1 is 1.19 bits per heavy atom. The van der Waals surface area contributed by atoms with E-state index in [0.717, 1.165) is 54.0 Å². The van der Waals surface area contributed by atoms with E-state index in [4.69, 9.17) is 19.2 Å². The first-order valence-corrected chi connectivity index (χ1v) is 10.8. The smallest absolute Gasteiger partial charge is 0.249 e. The quantitative estimate of drug-likeness (QED) is 0.506. The van der Waals surface area contributed by atoms with E-state index in [1.54, 1.807) is 7.11 Å². The Balaban J connectivity index is 1.34. The van der Waals surface area contributed by atoms with Crippen LogP contribution in [-0.2, 0) is 22.5 Å². The van der Waals surface area contributed by atoms with Gasteiger partial charge in [0.25, 0.3) is 0 Å². The summed E-state index contributed by atoms with van der Waals surface area (Å²) in [7, 11) is 1.65. The minimum atomic E-state index is -0.278. The number of ether oxygens (including phenoxy) is 3. The third kappa shape index (κ3) is 5.35. The second-order valence-corrected chi connectivity index (χ2v) is 7.59. The maximum atomic E-state index is 12.1. The predicted octanol–water partition coefficient (Wildman–Crippen LogP) is 3.35. The van der Waals surface area contributed by atoms with Crippen LogP contribution in [0.15, 0.2) is 48.5 Å². The number of carbonyl (C=O) groups excluding carboxylic acids is 1. The van der Waals surface area contributed by atoms with Crippen LogP contribution in [0.1, 0.15) is 25.1 Å². The molecule has 0 saturated carbocycles. The van der Waals surface area contributed by atoms with Gasteiger partial charge in [0.2, 0.25) is 5.91 Å². The lowest BCUT2D eigenvalue weighted by Crippen LogP contribution is -2.34. The van der Waals surface area contributed by atoms with E-state index in [-0.39, 0.29) is 12.0 Å². The fraction of sp³-hybridized carbons (Fsp3) is 0.417. The molecule has 4 rings (SSSR count). The maximum Gasteiger partial charge on any atom is 0.249 e. The first-order chi connectivity index (χ1) is 15.2. The number of imidazole rings is 1. The van der Waals surface area contributed by atoms with Crippen molar-refractivity contribution in [3.05, 3.63) is 54.4 Å². The van der Waals surface area contributed by atoms with Gasteiger partial charge >= 0.3 is 0 Å². The third-order valence-corrected chi connectivity index (χ3v) is 5.48. The van der Waals surface area contributed by atoms with Gasteiger partial charge in [-0.15, -0.1) is 0 Å². The average Bonchev–Trinajstić information content (AvgIpc) is 3.46. The van der Waals surface area contributed by atoms with Crippen LogP contribution in [0.3, 0.4) is 0 Å². The number of carbonyl (C=O) groups is 1. The zero-order valence-corrected chi connectivity index (χ0v) is 17.9. The lowest BCUT2D eigenvalue weighted by Gasteiger charge is -2.12. The summed E-state index contributed by atoms with van der Waals surface area (Å²) in [6.45, 7) is 2.53.